The first kappa shape index (κ1) is 17.5. The van der Waals surface area contributed by atoms with Crippen LogP contribution in [-0.2, 0) is 4.74 Å². The predicted octanol–water partition coefficient (Wildman–Crippen LogP) is 2.18. The van der Waals surface area contributed by atoms with Gasteiger partial charge in [-0.3, -0.25) is 4.90 Å². The molecular formula is C20H32N6O. The van der Waals surface area contributed by atoms with Crippen LogP contribution in [0.25, 0.3) is 0 Å². The number of nitrogens with two attached hydrogens (primary N) is 1. The Morgan fingerprint density at radius 2 is 1.67 bits per heavy atom. The van der Waals surface area contributed by atoms with Crippen molar-refractivity contribution in [2.24, 2.45) is 17.8 Å². The molecule has 7 heteroatoms. The van der Waals surface area contributed by atoms with Crippen molar-refractivity contribution in [3.05, 3.63) is 6.33 Å². The molecule has 7 nitrogen and oxygen atoms in total. The molecule has 6 rings (SSSR count). The number of anilines is 3. The van der Waals surface area contributed by atoms with Gasteiger partial charge in [0.15, 0.2) is 11.6 Å². The van der Waals surface area contributed by atoms with Crippen molar-refractivity contribution in [3.8, 4) is 0 Å². The van der Waals surface area contributed by atoms with E-state index in [-0.39, 0.29) is 5.54 Å². The minimum absolute atomic E-state index is 0.211. The third kappa shape index (κ3) is 3.59. The van der Waals surface area contributed by atoms with Crippen LogP contribution < -0.4 is 16.4 Å². The lowest BCUT2D eigenvalue weighted by atomic mass is 9.53. The molecule has 1 aromatic heterocycles. The third-order valence-corrected chi connectivity index (χ3v) is 7.13. The van der Waals surface area contributed by atoms with Crippen LogP contribution in [0.15, 0.2) is 6.33 Å². The molecule has 4 saturated carbocycles. The van der Waals surface area contributed by atoms with Crippen LogP contribution in [0.4, 0.5) is 17.3 Å². The van der Waals surface area contributed by atoms with Crippen molar-refractivity contribution in [1.29, 1.82) is 0 Å². The molecule has 148 valence electrons. The fourth-order valence-corrected chi connectivity index (χ4v) is 6.31. The zero-order valence-corrected chi connectivity index (χ0v) is 16.1. The number of aromatic nitrogens is 2. The molecule has 0 unspecified atom stereocenters. The van der Waals surface area contributed by atoms with Crippen LogP contribution in [0, 0.1) is 17.8 Å². The van der Waals surface area contributed by atoms with E-state index in [9.17, 15) is 0 Å². The smallest absolute Gasteiger partial charge is 0.155 e. The molecule has 5 fully saturated rings. The average Bonchev–Trinajstić information content (AvgIpc) is 2.64. The van der Waals surface area contributed by atoms with Crippen molar-refractivity contribution in [2.75, 3.05) is 55.8 Å². The van der Waals surface area contributed by atoms with Crippen molar-refractivity contribution < 1.29 is 4.74 Å². The van der Waals surface area contributed by atoms with Crippen molar-refractivity contribution in [2.45, 2.75) is 44.1 Å². The van der Waals surface area contributed by atoms with Gasteiger partial charge in [0, 0.05) is 31.7 Å². The lowest BCUT2D eigenvalue weighted by Gasteiger charge is -2.57. The van der Waals surface area contributed by atoms with Crippen LogP contribution in [0.1, 0.15) is 38.5 Å². The van der Waals surface area contributed by atoms with E-state index in [2.05, 4.69) is 25.5 Å². The minimum atomic E-state index is 0.211. The summed E-state index contributed by atoms with van der Waals surface area (Å²) in [7, 11) is 0. The molecule has 0 aromatic carbocycles. The number of hydrogen-bond donors (Lipinski definition) is 3. The standard InChI is InChI=1S/C20H32N6O/c21-17-18(22-1-2-26-3-5-27-6-4-26)23-13-24-19(17)25-20-10-14-7-15(11-20)9-16(8-14)12-20/h13-16H,1-12,21H2,(H2,22,23,24,25). The van der Waals surface area contributed by atoms with Gasteiger partial charge in [-0.1, -0.05) is 0 Å². The van der Waals surface area contributed by atoms with Crippen LogP contribution in [0.5, 0.6) is 0 Å². The van der Waals surface area contributed by atoms with Gasteiger partial charge in [0.05, 0.1) is 13.2 Å². The molecular weight excluding hydrogens is 340 g/mol. The van der Waals surface area contributed by atoms with Gasteiger partial charge in [-0.05, 0) is 56.3 Å². The third-order valence-electron chi connectivity index (χ3n) is 7.13. The largest absolute Gasteiger partial charge is 0.393 e. The summed E-state index contributed by atoms with van der Waals surface area (Å²) in [6.07, 6.45) is 9.79. The van der Waals surface area contributed by atoms with Crippen molar-refractivity contribution in [1.82, 2.24) is 14.9 Å². The van der Waals surface area contributed by atoms with Crippen molar-refractivity contribution in [3.63, 3.8) is 0 Å². The van der Waals surface area contributed by atoms with E-state index in [1.54, 1.807) is 6.33 Å². The zero-order chi connectivity index (χ0) is 18.3. The Kier molecular flexibility index (Phi) is 4.60. The van der Waals surface area contributed by atoms with Crippen LogP contribution in [0.2, 0.25) is 0 Å². The van der Waals surface area contributed by atoms with Crippen LogP contribution in [0.3, 0.4) is 0 Å². The first-order chi connectivity index (χ1) is 13.2. The van der Waals surface area contributed by atoms with Gasteiger partial charge >= 0.3 is 0 Å². The SMILES string of the molecule is Nc1c(NCCN2CCOCC2)ncnc1NC12CC3CC(CC(C3)C1)C2. The van der Waals surface area contributed by atoms with E-state index in [0.717, 1.165) is 68.8 Å². The molecule has 0 atom stereocenters. The summed E-state index contributed by atoms with van der Waals surface area (Å²) in [4.78, 5) is 11.3. The number of morpholine rings is 1. The number of rotatable bonds is 6. The van der Waals surface area contributed by atoms with Gasteiger partial charge in [0.2, 0.25) is 0 Å². The Bertz CT molecular complexity index is 639. The first-order valence-corrected chi connectivity index (χ1v) is 10.6. The summed E-state index contributed by atoms with van der Waals surface area (Å²) in [5.41, 5.74) is 7.32. The van der Waals surface area contributed by atoms with Gasteiger partial charge in [-0.15, -0.1) is 0 Å². The fraction of sp³-hybridized carbons (Fsp3) is 0.800. The Morgan fingerprint density at radius 1 is 1.04 bits per heavy atom. The highest BCUT2D eigenvalue weighted by atomic mass is 16.5. The summed E-state index contributed by atoms with van der Waals surface area (Å²) < 4.78 is 5.40. The Balaban J connectivity index is 1.23. The first-order valence-electron chi connectivity index (χ1n) is 10.6. The van der Waals surface area contributed by atoms with Crippen molar-refractivity contribution >= 4 is 17.3 Å². The van der Waals surface area contributed by atoms with Crippen LogP contribution in [-0.4, -0.2) is 59.8 Å². The topological polar surface area (TPSA) is 88.3 Å². The normalized spacial score (nSPS) is 35.3. The maximum absolute atomic E-state index is 6.45. The molecule has 0 amide bonds. The molecule has 1 saturated heterocycles. The minimum Gasteiger partial charge on any atom is -0.393 e. The van der Waals surface area contributed by atoms with Gasteiger partial charge < -0.3 is 21.1 Å². The monoisotopic (exact) mass is 372 g/mol. The van der Waals surface area contributed by atoms with Gasteiger partial charge in [0.25, 0.3) is 0 Å². The summed E-state index contributed by atoms with van der Waals surface area (Å²) >= 11 is 0. The number of hydrogen-bond acceptors (Lipinski definition) is 7. The van der Waals surface area contributed by atoms with Crippen LogP contribution >= 0.6 is 0 Å². The molecule has 1 aliphatic heterocycles. The molecule has 4 bridgehead atoms. The van der Waals surface area contributed by atoms with E-state index in [1.165, 1.54) is 38.5 Å². The number of ether oxygens (including phenoxy) is 1. The summed E-state index contributed by atoms with van der Waals surface area (Å²) in [6, 6.07) is 0. The lowest BCUT2D eigenvalue weighted by Crippen LogP contribution is -2.55. The second-order valence-electron chi connectivity index (χ2n) is 9.19. The molecule has 0 spiro atoms. The highest BCUT2D eigenvalue weighted by Crippen LogP contribution is 2.56. The predicted molar refractivity (Wildman–Crippen MR) is 107 cm³/mol. The lowest BCUT2D eigenvalue weighted by molar-refractivity contribution is 0.0106. The molecule has 4 aliphatic carbocycles. The average molecular weight is 373 g/mol. The highest BCUT2D eigenvalue weighted by molar-refractivity contribution is 5.74. The molecule has 27 heavy (non-hydrogen) atoms. The van der Waals surface area contributed by atoms with E-state index >= 15 is 0 Å². The summed E-state index contributed by atoms with van der Waals surface area (Å²) in [5, 5.41) is 7.20. The highest BCUT2D eigenvalue weighted by Gasteiger charge is 2.51. The Labute approximate surface area is 161 Å². The number of nitrogens with one attached hydrogen (secondary N) is 2. The Hall–Kier alpha value is -1.60. The van der Waals surface area contributed by atoms with E-state index in [0.29, 0.717) is 5.69 Å². The second kappa shape index (κ2) is 7.09. The maximum Gasteiger partial charge on any atom is 0.155 e. The number of nitrogens with zero attached hydrogens (tertiary/aromatic N) is 3. The molecule has 1 aromatic rings. The number of nitrogen functional groups attached to an aromatic ring is 1. The zero-order valence-electron chi connectivity index (χ0n) is 16.1. The molecule has 4 N–H and O–H groups in total. The Morgan fingerprint density at radius 3 is 2.33 bits per heavy atom. The molecule has 0 radical (unpaired) electrons. The fourth-order valence-electron chi connectivity index (χ4n) is 6.31. The van der Waals surface area contributed by atoms with Gasteiger partial charge in [-0.2, -0.15) is 0 Å². The molecule has 5 aliphatic rings. The summed E-state index contributed by atoms with van der Waals surface area (Å²) in [5.74, 6) is 4.28. The van der Waals surface area contributed by atoms with Gasteiger partial charge in [-0.25, -0.2) is 9.97 Å². The van der Waals surface area contributed by atoms with E-state index in [4.69, 9.17) is 10.5 Å². The summed E-state index contributed by atoms with van der Waals surface area (Å²) in [6.45, 7) is 5.46. The maximum atomic E-state index is 6.45. The second-order valence-corrected chi connectivity index (χ2v) is 9.19. The van der Waals surface area contributed by atoms with Gasteiger partial charge in [0.1, 0.15) is 12.0 Å². The van der Waals surface area contributed by atoms with E-state index in [1.807, 2.05) is 0 Å². The molecule has 2 heterocycles. The van der Waals surface area contributed by atoms with E-state index < -0.39 is 0 Å². The quantitative estimate of drug-likeness (QED) is 0.705.